The van der Waals surface area contributed by atoms with Gasteiger partial charge >= 0.3 is 0 Å². The standard InChI is InChI=1S/C11H21N3O3S/c1-8(2)7-17-6-5-14-10(4)11(9(3)13-14)18(12,15)16/h8H,5-7H2,1-4H3,(H2,12,15,16). The van der Waals surface area contributed by atoms with Gasteiger partial charge < -0.3 is 4.74 Å². The molecule has 0 bridgehead atoms. The number of primary sulfonamides is 1. The maximum absolute atomic E-state index is 11.4. The highest BCUT2D eigenvalue weighted by atomic mass is 32.2. The maximum Gasteiger partial charge on any atom is 0.241 e. The van der Waals surface area contributed by atoms with Crippen LogP contribution in [0.25, 0.3) is 0 Å². The van der Waals surface area contributed by atoms with Gasteiger partial charge in [-0.1, -0.05) is 13.8 Å². The Morgan fingerprint density at radius 2 is 2.00 bits per heavy atom. The monoisotopic (exact) mass is 275 g/mol. The summed E-state index contributed by atoms with van der Waals surface area (Å²) in [5, 5.41) is 9.32. The van der Waals surface area contributed by atoms with E-state index >= 15 is 0 Å². The first-order valence-electron chi connectivity index (χ1n) is 5.88. The third kappa shape index (κ3) is 3.79. The molecule has 1 aromatic rings. The van der Waals surface area contributed by atoms with Gasteiger partial charge in [0.05, 0.1) is 24.5 Å². The minimum absolute atomic E-state index is 0.117. The molecule has 6 nitrogen and oxygen atoms in total. The van der Waals surface area contributed by atoms with E-state index in [-0.39, 0.29) is 4.90 Å². The summed E-state index contributed by atoms with van der Waals surface area (Å²) in [4.78, 5) is 0.117. The lowest BCUT2D eigenvalue weighted by Gasteiger charge is -2.08. The number of sulfonamides is 1. The van der Waals surface area contributed by atoms with Gasteiger partial charge in [-0.2, -0.15) is 5.10 Å². The number of hydrogen-bond donors (Lipinski definition) is 1. The molecule has 2 N–H and O–H groups in total. The smallest absolute Gasteiger partial charge is 0.241 e. The largest absolute Gasteiger partial charge is 0.379 e. The van der Waals surface area contributed by atoms with Crippen molar-refractivity contribution in [3.8, 4) is 0 Å². The van der Waals surface area contributed by atoms with Crippen molar-refractivity contribution in [2.45, 2.75) is 39.1 Å². The van der Waals surface area contributed by atoms with Crippen LogP contribution in [0.3, 0.4) is 0 Å². The van der Waals surface area contributed by atoms with Crippen LogP contribution in [0.5, 0.6) is 0 Å². The first kappa shape index (κ1) is 15.1. The minimum atomic E-state index is -3.71. The second-order valence-electron chi connectivity index (χ2n) is 4.74. The van der Waals surface area contributed by atoms with Crippen LogP contribution in [0.2, 0.25) is 0 Å². The van der Waals surface area contributed by atoms with Gasteiger partial charge in [0.1, 0.15) is 4.90 Å². The summed E-state index contributed by atoms with van der Waals surface area (Å²) in [5.41, 5.74) is 0.988. The zero-order chi connectivity index (χ0) is 13.9. The van der Waals surface area contributed by atoms with Crippen molar-refractivity contribution in [3.05, 3.63) is 11.4 Å². The van der Waals surface area contributed by atoms with Crippen molar-refractivity contribution in [2.75, 3.05) is 13.2 Å². The number of hydrogen-bond acceptors (Lipinski definition) is 4. The Morgan fingerprint density at radius 1 is 1.39 bits per heavy atom. The van der Waals surface area contributed by atoms with Crippen LogP contribution < -0.4 is 5.14 Å². The van der Waals surface area contributed by atoms with E-state index in [2.05, 4.69) is 18.9 Å². The zero-order valence-corrected chi connectivity index (χ0v) is 12.1. The molecule has 1 rings (SSSR count). The summed E-state index contributed by atoms with van der Waals surface area (Å²) < 4.78 is 29.9. The number of rotatable bonds is 6. The Hall–Kier alpha value is -0.920. The lowest BCUT2D eigenvalue weighted by atomic mass is 10.2. The van der Waals surface area contributed by atoms with Gasteiger partial charge in [-0.3, -0.25) is 4.68 Å². The van der Waals surface area contributed by atoms with Gasteiger partial charge in [0.25, 0.3) is 0 Å². The summed E-state index contributed by atoms with van der Waals surface area (Å²) in [6, 6.07) is 0. The fourth-order valence-corrected chi connectivity index (χ4v) is 2.75. The summed E-state index contributed by atoms with van der Waals surface area (Å²) in [6.45, 7) is 9.19. The predicted molar refractivity (Wildman–Crippen MR) is 68.7 cm³/mol. The Balaban J connectivity index is 2.75. The first-order valence-corrected chi connectivity index (χ1v) is 7.42. The topological polar surface area (TPSA) is 87.2 Å². The van der Waals surface area contributed by atoms with Crippen molar-refractivity contribution < 1.29 is 13.2 Å². The van der Waals surface area contributed by atoms with E-state index < -0.39 is 10.0 Å². The van der Waals surface area contributed by atoms with Crippen LogP contribution in [0.1, 0.15) is 25.2 Å². The molecule has 0 aliphatic rings. The SMILES string of the molecule is Cc1nn(CCOCC(C)C)c(C)c1S(N)(=O)=O. The lowest BCUT2D eigenvalue weighted by molar-refractivity contribution is 0.100. The molecule has 104 valence electrons. The summed E-state index contributed by atoms with van der Waals surface area (Å²) in [7, 11) is -3.71. The molecule has 0 saturated carbocycles. The predicted octanol–water partition coefficient (Wildman–Crippen LogP) is 0.820. The Labute approximate surface area is 108 Å². The molecule has 1 aromatic heterocycles. The van der Waals surface area contributed by atoms with Crippen molar-refractivity contribution in [3.63, 3.8) is 0 Å². The highest BCUT2D eigenvalue weighted by Gasteiger charge is 2.20. The number of nitrogens with two attached hydrogens (primary N) is 1. The van der Waals surface area contributed by atoms with E-state index in [1.807, 2.05) is 0 Å². The van der Waals surface area contributed by atoms with Gasteiger partial charge in [-0.25, -0.2) is 13.6 Å². The van der Waals surface area contributed by atoms with Gasteiger partial charge in [0.2, 0.25) is 10.0 Å². The maximum atomic E-state index is 11.4. The molecule has 0 unspecified atom stereocenters. The highest BCUT2D eigenvalue weighted by molar-refractivity contribution is 7.89. The molecule has 0 aliphatic heterocycles. The van der Waals surface area contributed by atoms with Crippen LogP contribution in [0.15, 0.2) is 4.90 Å². The number of nitrogens with zero attached hydrogens (tertiary/aromatic N) is 2. The second kappa shape index (κ2) is 5.81. The highest BCUT2D eigenvalue weighted by Crippen LogP contribution is 2.17. The molecule has 0 aromatic carbocycles. The van der Waals surface area contributed by atoms with Gasteiger partial charge in [0.15, 0.2) is 0 Å². The van der Waals surface area contributed by atoms with Crippen LogP contribution >= 0.6 is 0 Å². The molecular weight excluding hydrogens is 254 g/mol. The third-order valence-corrected chi connectivity index (χ3v) is 3.66. The van der Waals surface area contributed by atoms with E-state index in [4.69, 9.17) is 9.88 Å². The molecule has 0 radical (unpaired) electrons. The molecular formula is C11H21N3O3S. The van der Waals surface area contributed by atoms with Gasteiger partial charge in [-0.05, 0) is 19.8 Å². The van der Waals surface area contributed by atoms with Crippen LogP contribution in [0, 0.1) is 19.8 Å². The Morgan fingerprint density at radius 3 is 2.44 bits per heavy atom. The van der Waals surface area contributed by atoms with E-state index in [0.29, 0.717) is 37.1 Å². The van der Waals surface area contributed by atoms with Crippen molar-refractivity contribution in [1.82, 2.24) is 9.78 Å². The van der Waals surface area contributed by atoms with Crippen LogP contribution in [-0.4, -0.2) is 31.4 Å². The Bertz CT molecular complexity index is 506. The summed E-state index contributed by atoms with van der Waals surface area (Å²) in [6.07, 6.45) is 0. The van der Waals surface area contributed by atoms with E-state index in [9.17, 15) is 8.42 Å². The normalized spacial score (nSPS) is 12.3. The van der Waals surface area contributed by atoms with Crippen molar-refractivity contribution in [1.29, 1.82) is 0 Å². The molecule has 18 heavy (non-hydrogen) atoms. The lowest BCUT2D eigenvalue weighted by Crippen LogP contribution is -2.15. The fourth-order valence-electron chi connectivity index (χ4n) is 1.78. The first-order chi connectivity index (χ1) is 8.23. The summed E-state index contributed by atoms with van der Waals surface area (Å²) in [5.74, 6) is 0.477. The molecule has 0 amide bonds. The average molecular weight is 275 g/mol. The van der Waals surface area contributed by atoms with E-state index in [1.165, 1.54) is 0 Å². The zero-order valence-electron chi connectivity index (χ0n) is 11.3. The average Bonchev–Trinajstić information content (AvgIpc) is 2.47. The van der Waals surface area contributed by atoms with Crippen LogP contribution in [-0.2, 0) is 21.3 Å². The number of ether oxygens (including phenoxy) is 1. The van der Waals surface area contributed by atoms with Crippen LogP contribution in [0.4, 0.5) is 0 Å². The summed E-state index contributed by atoms with van der Waals surface area (Å²) >= 11 is 0. The fraction of sp³-hybridized carbons (Fsp3) is 0.727. The number of aromatic nitrogens is 2. The van der Waals surface area contributed by atoms with Crippen molar-refractivity contribution >= 4 is 10.0 Å². The minimum Gasteiger partial charge on any atom is -0.379 e. The van der Waals surface area contributed by atoms with Crippen molar-refractivity contribution in [2.24, 2.45) is 11.1 Å². The molecule has 0 saturated heterocycles. The Kier molecular flexibility index (Phi) is 4.89. The second-order valence-corrected chi connectivity index (χ2v) is 6.24. The molecule has 0 spiro atoms. The third-order valence-electron chi connectivity index (χ3n) is 2.50. The van der Waals surface area contributed by atoms with Gasteiger partial charge in [-0.15, -0.1) is 0 Å². The molecule has 0 fully saturated rings. The van der Waals surface area contributed by atoms with E-state index in [1.54, 1.807) is 18.5 Å². The van der Waals surface area contributed by atoms with E-state index in [0.717, 1.165) is 0 Å². The molecule has 0 atom stereocenters. The molecule has 1 heterocycles. The number of aryl methyl sites for hydroxylation is 1. The molecule has 0 aliphatic carbocycles. The molecule has 7 heteroatoms. The quantitative estimate of drug-likeness (QED) is 0.779. The van der Waals surface area contributed by atoms with Gasteiger partial charge in [0, 0.05) is 6.61 Å².